The molecule has 4 nitrogen and oxygen atoms in total. The van der Waals surface area contributed by atoms with Gasteiger partial charge in [0.05, 0.1) is 11.3 Å². The minimum atomic E-state index is -0.331. The highest BCUT2D eigenvalue weighted by atomic mass is 16.6. The molecule has 0 aromatic rings. The first-order valence-corrected chi connectivity index (χ1v) is 9.59. The lowest BCUT2D eigenvalue weighted by Crippen LogP contribution is -1.97. The van der Waals surface area contributed by atoms with Crippen molar-refractivity contribution >= 4 is 6.29 Å². The van der Waals surface area contributed by atoms with Crippen molar-refractivity contribution in [1.82, 2.24) is 0 Å². The zero-order chi connectivity index (χ0) is 19.3. The summed E-state index contributed by atoms with van der Waals surface area (Å²) in [6, 6.07) is 0. The van der Waals surface area contributed by atoms with Crippen LogP contribution in [0.3, 0.4) is 0 Å². The molecule has 0 bridgehead atoms. The number of aldehydes is 1. The van der Waals surface area contributed by atoms with Crippen LogP contribution in [0, 0.1) is 10.1 Å². The van der Waals surface area contributed by atoms with Gasteiger partial charge >= 0.3 is 0 Å². The first-order chi connectivity index (χ1) is 12.7. The smallest absolute Gasteiger partial charge is 0.246 e. The van der Waals surface area contributed by atoms with Crippen LogP contribution in [-0.2, 0) is 4.79 Å². The normalized spacial score (nSPS) is 12.9. The highest BCUT2D eigenvalue weighted by Crippen LogP contribution is 2.07. The highest BCUT2D eigenvalue weighted by Gasteiger charge is 2.06. The summed E-state index contributed by atoms with van der Waals surface area (Å²) in [6.07, 6.45) is 27.4. The first-order valence-electron chi connectivity index (χ1n) is 9.59. The van der Waals surface area contributed by atoms with Gasteiger partial charge in [-0.25, -0.2) is 0 Å². The number of nitrogens with zero attached hydrogens (tertiary/aromatic N) is 1. The van der Waals surface area contributed by atoms with Gasteiger partial charge in [-0.1, -0.05) is 68.4 Å². The Labute approximate surface area is 158 Å². The lowest BCUT2D eigenvalue weighted by molar-refractivity contribution is -0.427. The van der Waals surface area contributed by atoms with Gasteiger partial charge in [-0.15, -0.1) is 0 Å². The molecule has 0 rings (SSSR count). The van der Waals surface area contributed by atoms with Crippen molar-refractivity contribution in [3.63, 3.8) is 0 Å². The largest absolute Gasteiger partial charge is 0.303 e. The fourth-order valence-electron chi connectivity index (χ4n) is 2.19. The number of hydrogen-bond donors (Lipinski definition) is 0. The van der Waals surface area contributed by atoms with Crippen LogP contribution >= 0.6 is 0 Å². The molecule has 0 aromatic carbocycles. The molecule has 0 heterocycles. The molecular weight excluding hydrogens is 326 g/mol. The molecule has 144 valence electrons. The second-order valence-corrected chi connectivity index (χ2v) is 5.99. The quantitative estimate of drug-likeness (QED) is 0.104. The molecule has 0 saturated heterocycles. The van der Waals surface area contributed by atoms with Crippen molar-refractivity contribution in [2.24, 2.45) is 0 Å². The number of hydrogen-bond acceptors (Lipinski definition) is 3. The molecule has 26 heavy (non-hydrogen) atoms. The maximum Gasteiger partial charge on any atom is 0.246 e. The van der Waals surface area contributed by atoms with Crippen molar-refractivity contribution in [3.8, 4) is 0 Å². The summed E-state index contributed by atoms with van der Waals surface area (Å²) in [6.45, 7) is 2.21. The van der Waals surface area contributed by atoms with Crippen molar-refractivity contribution in [2.75, 3.05) is 0 Å². The third-order valence-electron chi connectivity index (χ3n) is 3.69. The molecule has 0 N–H and O–H groups in total. The molecule has 0 fully saturated rings. The van der Waals surface area contributed by atoms with Gasteiger partial charge in [0.15, 0.2) is 0 Å². The van der Waals surface area contributed by atoms with E-state index in [0.717, 1.165) is 25.5 Å². The Bertz CT molecular complexity index is 513. The summed E-state index contributed by atoms with van der Waals surface area (Å²) in [5, 5.41) is 11.0. The summed E-state index contributed by atoms with van der Waals surface area (Å²) < 4.78 is 0. The molecule has 4 heteroatoms. The summed E-state index contributed by atoms with van der Waals surface area (Å²) in [7, 11) is 0. The summed E-state index contributed by atoms with van der Waals surface area (Å²) in [4.78, 5) is 20.9. The Morgan fingerprint density at radius 1 is 0.808 bits per heavy atom. The second-order valence-electron chi connectivity index (χ2n) is 5.99. The van der Waals surface area contributed by atoms with Crippen LogP contribution in [-0.4, -0.2) is 11.2 Å². The van der Waals surface area contributed by atoms with Crippen molar-refractivity contribution in [2.45, 2.75) is 71.1 Å². The average Bonchev–Trinajstić information content (AvgIpc) is 2.63. The van der Waals surface area contributed by atoms with Gasteiger partial charge < -0.3 is 4.79 Å². The molecule has 0 radical (unpaired) electrons. The molecule has 0 aliphatic rings. The Kier molecular flexibility index (Phi) is 17.5. The molecule has 0 aliphatic carbocycles. The number of nitro groups is 1. The zero-order valence-corrected chi connectivity index (χ0v) is 16.0. The SMILES string of the molecule is CCCCC/C=C/C/C=C/C/C=C/C/C(=C/C/C=C/CCC=O)[N+](=O)[O-]. The van der Waals surface area contributed by atoms with Crippen LogP contribution in [0.25, 0.3) is 0 Å². The number of carbonyl (C=O) groups is 1. The van der Waals surface area contributed by atoms with Gasteiger partial charge in [-0.3, -0.25) is 10.1 Å². The predicted octanol–water partition coefficient (Wildman–Crippen LogP) is 6.49. The first kappa shape index (κ1) is 23.8. The topological polar surface area (TPSA) is 60.2 Å². The van der Waals surface area contributed by atoms with E-state index in [-0.39, 0.29) is 10.6 Å². The number of rotatable bonds is 16. The van der Waals surface area contributed by atoms with Crippen molar-refractivity contribution < 1.29 is 9.72 Å². The minimum absolute atomic E-state index is 0.209. The second kappa shape index (κ2) is 19.1. The van der Waals surface area contributed by atoms with Crippen molar-refractivity contribution in [1.29, 1.82) is 0 Å². The molecule has 0 aliphatic heterocycles. The maximum atomic E-state index is 11.0. The van der Waals surface area contributed by atoms with Gasteiger partial charge in [0, 0.05) is 6.42 Å². The fourth-order valence-corrected chi connectivity index (χ4v) is 2.19. The monoisotopic (exact) mass is 359 g/mol. The van der Waals surface area contributed by atoms with E-state index in [1.54, 1.807) is 6.08 Å². The standard InChI is InChI=1S/C22H33NO3/c1-2-3-4-5-6-7-8-9-10-11-13-16-19-22(23(25)26)20-17-14-12-15-18-21-24/h6-7,9-10,12-14,16,20-21H,2-5,8,11,15,17-19H2,1H3/b7-6+,10-9+,14-12+,16-13+,22-20-. The van der Waals surface area contributed by atoms with Gasteiger partial charge in [0.2, 0.25) is 5.70 Å². The van der Waals surface area contributed by atoms with Crippen LogP contribution in [0.5, 0.6) is 0 Å². The molecule has 0 amide bonds. The van der Waals surface area contributed by atoms with Gasteiger partial charge in [0.25, 0.3) is 0 Å². The Hall–Kier alpha value is -2.23. The van der Waals surface area contributed by atoms with Crippen LogP contribution in [0.4, 0.5) is 0 Å². The van der Waals surface area contributed by atoms with Crippen LogP contribution in [0.2, 0.25) is 0 Å². The van der Waals surface area contributed by atoms with E-state index in [9.17, 15) is 14.9 Å². The Morgan fingerprint density at radius 3 is 2.08 bits per heavy atom. The van der Waals surface area contributed by atoms with Gasteiger partial charge in [-0.2, -0.15) is 0 Å². The lowest BCUT2D eigenvalue weighted by atomic mass is 10.2. The maximum absolute atomic E-state index is 11.0. The number of unbranched alkanes of at least 4 members (excludes halogenated alkanes) is 4. The van der Waals surface area contributed by atoms with E-state index in [1.807, 2.05) is 24.3 Å². The summed E-state index contributed by atoms with van der Waals surface area (Å²) in [5.74, 6) is 0. The fraction of sp³-hybridized carbons (Fsp3) is 0.500. The van der Waals surface area contributed by atoms with E-state index in [1.165, 1.54) is 19.3 Å². The molecule has 0 aromatic heterocycles. The van der Waals surface area contributed by atoms with E-state index in [2.05, 4.69) is 31.2 Å². The molecule has 0 saturated carbocycles. The van der Waals surface area contributed by atoms with E-state index < -0.39 is 0 Å². The Morgan fingerprint density at radius 2 is 1.42 bits per heavy atom. The summed E-state index contributed by atoms with van der Waals surface area (Å²) >= 11 is 0. The summed E-state index contributed by atoms with van der Waals surface area (Å²) in [5.41, 5.74) is 0.209. The number of allylic oxidation sites excluding steroid dienone is 9. The molecule has 0 spiro atoms. The molecule has 0 unspecified atom stereocenters. The third kappa shape index (κ3) is 16.6. The van der Waals surface area contributed by atoms with Crippen LogP contribution in [0.15, 0.2) is 60.4 Å². The zero-order valence-electron chi connectivity index (χ0n) is 16.0. The van der Waals surface area contributed by atoms with E-state index in [4.69, 9.17) is 0 Å². The van der Waals surface area contributed by atoms with Crippen molar-refractivity contribution in [3.05, 3.63) is 70.5 Å². The van der Waals surface area contributed by atoms with Crippen LogP contribution in [0.1, 0.15) is 71.1 Å². The van der Waals surface area contributed by atoms with Crippen LogP contribution < -0.4 is 0 Å². The third-order valence-corrected chi connectivity index (χ3v) is 3.69. The molecular formula is C22H33NO3. The Balaban J connectivity index is 3.99. The predicted molar refractivity (Wildman–Crippen MR) is 110 cm³/mol. The number of carbonyl (C=O) groups excluding carboxylic acids is 1. The minimum Gasteiger partial charge on any atom is -0.303 e. The molecule has 0 atom stereocenters. The average molecular weight is 360 g/mol. The van der Waals surface area contributed by atoms with Gasteiger partial charge in [0.1, 0.15) is 6.29 Å². The van der Waals surface area contributed by atoms with E-state index >= 15 is 0 Å². The van der Waals surface area contributed by atoms with Gasteiger partial charge in [-0.05, 0) is 44.6 Å². The highest BCUT2D eigenvalue weighted by molar-refractivity contribution is 5.49. The lowest BCUT2D eigenvalue weighted by Gasteiger charge is -1.93. The van der Waals surface area contributed by atoms with E-state index in [0.29, 0.717) is 25.7 Å².